The molecule has 0 atom stereocenters. The van der Waals surface area contributed by atoms with Gasteiger partial charge in [0.05, 0.1) is 0 Å². The third-order valence-electron chi connectivity index (χ3n) is 3.86. The molecule has 1 fully saturated rings. The molecule has 25 heavy (non-hydrogen) atoms. The fourth-order valence-corrected chi connectivity index (χ4v) is 4.18. The van der Waals surface area contributed by atoms with Crippen LogP contribution in [0.3, 0.4) is 0 Å². The molecule has 2 rings (SSSR count). The summed E-state index contributed by atoms with van der Waals surface area (Å²) in [6.07, 6.45) is 1.03. The molecule has 6 nitrogen and oxygen atoms in total. The molecule has 1 aromatic rings. The van der Waals surface area contributed by atoms with Crippen molar-refractivity contribution in [3.8, 4) is 0 Å². The van der Waals surface area contributed by atoms with Crippen molar-refractivity contribution in [2.24, 2.45) is 0 Å². The lowest BCUT2D eigenvalue weighted by Gasteiger charge is -2.32. The Morgan fingerprint density at radius 1 is 1.32 bits per heavy atom. The molecular formula is C17H26BrN3O3S. The fraction of sp³-hybridized carbons (Fsp3) is 0.706. The molecule has 0 saturated carbocycles. The smallest absolute Gasteiger partial charge is 0.407 e. The minimum absolute atomic E-state index is 0.0265. The molecule has 1 saturated heterocycles. The predicted molar refractivity (Wildman–Crippen MR) is 102 cm³/mol. The molecule has 8 heteroatoms. The second-order valence-electron chi connectivity index (χ2n) is 7.55. The molecular weight excluding hydrogens is 406 g/mol. The highest BCUT2D eigenvalue weighted by molar-refractivity contribution is 9.11. The van der Waals surface area contributed by atoms with Gasteiger partial charge >= 0.3 is 6.09 Å². The monoisotopic (exact) mass is 431 g/mol. The first-order valence-corrected chi connectivity index (χ1v) is 10.1. The van der Waals surface area contributed by atoms with Gasteiger partial charge in [-0.15, -0.1) is 11.3 Å². The zero-order valence-corrected chi connectivity index (χ0v) is 17.8. The van der Waals surface area contributed by atoms with E-state index >= 15 is 0 Å². The maximum absolute atomic E-state index is 12.8. The Hall–Kier alpha value is -1.15. The lowest BCUT2D eigenvalue weighted by molar-refractivity contribution is 0.0473. The number of hydrogen-bond acceptors (Lipinski definition) is 5. The Bertz CT molecular complexity index is 632. The van der Waals surface area contributed by atoms with Crippen LogP contribution in [-0.4, -0.2) is 46.6 Å². The number of hydrogen-bond donors (Lipinski definition) is 1. The van der Waals surface area contributed by atoms with E-state index in [1.54, 1.807) is 0 Å². The number of nitrogens with one attached hydrogen (secondary N) is 1. The molecule has 0 bridgehead atoms. The van der Waals surface area contributed by atoms with Crippen LogP contribution in [-0.2, 0) is 4.74 Å². The van der Waals surface area contributed by atoms with Crippen LogP contribution in [0, 0.1) is 0 Å². The van der Waals surface area contributed by atoms with E-state index in [-0.39, 0.29) is 17.9 Å². The number of amides is 2. The molecule has 1 N–H and O–H groups in total. The van der Waals surface area contributed by atoms with Crippen LogP contribution in [0.15, 0.2) is 3.92 Å². The van der Waals surface area contributed by atoms with E-state index in [1.807, 2.05) is 25.7 Å². The SMILES string of the molecule is CC(C)c1sc(Br)nc1C(=O)N1CCC(NC(=O)OC(C)(C)C)CC1. The standard InChI is InChI=1S/C17H26BrN3O3S/c1-10(2)13-12(20-15(18)25-13)14(22)21-8-6-11(7-9-21)19-16(23)24-17(3,4)5/h10-11H,6-9H2,1-5H3,(H,19,23). The summed E-state index contributed by atoms with van der Waals surface area (Å²) in [4.78, 5) is 31.8. The predicted octanol–water partition coefficient (Wildman–Crippen LogP) is 4.16. The number of halogens is 1. The summed E-state index contributed by atoms with van der Waals surface area (Å²) < 4.78 is 6.02. The largest absolute Gasteiger partial charge is 0.444 e. The Morgan fingerprint density at radius 3 is 2.44 bits per heavy atom. The topological polar surface area (TPSA) is 71.5 Å². The first kappa shape index (κ1) is 20.2. The van der Waals surface area contributed by atoms with Crippen molar-refractivity contribution < 1.29 is 14.3 Å². The zero-order valence-electron chi connectivity index (χ0n) is 15.4. The first-order chi connectivity index (χ1) is 11.6. The number of rotatable bonds is 3. The Labute approximate surface area is 161 Å². The molecule has 2 heterocycles. The van der Waals surface area contributed by atoms with Gasteiger partial charge in [0.1, 0.15) is 11.3 Å². The van der Waals surface area contributed by atoms with E-state index in [0.717, 1.165) is 8.79 Å². The van der Waals surface area contributed by atoms with Gasteiger partial charge in [-0.05, 0) is 55.5 Å². The van der Waals surface area contributed by atoms with Crippen molar-refractivity contribution in [3.63, 3.8) is 0 Å². The van der Waals surface area contributed by atoms with Gasteiger partial charge < -0.3 is 15.0 Å². The van der Waals surface area contributed by atoms with Crippen LogP contribution in [0.25, 0.3) is 0 Å². The summed E-state index contributed by atoms with van der Waals surface area (Å²) in [6, 6.07) is 0.0330. The molecule has 1 aromatic heterocycles. The summed E-state index contributed by atoms with van der Waals surface area (Å²) in [5, 5.41) is 2.89. The van der Waals surface area contributed by atoms with Gasteiger partial charge in [0.15, 0.2) is 3.92 Å². The summed E-state index contributed by atoms with van der Waals surface area (Å²) in [5.41, 5.74) is 0.0388. The summed E-state index contributed by atoms with van der Waals surface area (Å²) in [5.74, 6) is 0.232. The highest BCUT2D eigenvalue weighted by Crippen LogP contribution is 2.31. The number of nitrogens with zero attached hydrogens (tertiary/aromatic N) is 2. The summed E-state index contributed by atoms with van der Waals surface area (Å²) >= 11 is 4.89. The number of ether oxygens (including phenoxy) is 1. The normalized spacial score (nSPS) is 16.2. The van der Waals surface area contributed by atoms with E-state index < -0.39 is 11.7 Å². The molecule has 0 aromatic carbocycles. The van der Waals surface area contributed by atoms with E-state index in [0.29, 0.717) is 31.6 Å². The molecule has 0 spiro atoms. The van der Waals surface area contributed by atoms with Crippen molar-refractivity contribution in [1.29, 1.82) is 0 Å². The van der Waals surface area contributed by atoms with Gasteiger partial charge in [0, 0.05) is 24.0 Å². The summed E-state index contributed by atoms with van der Waals surface area (Å²) in [7, 11) is 0. The third-order valence-corrected chi connectivity index (χ3v) is 5.66. The molecule has 0 radical (unpaired) electrons. The van der Waals surface area contributed by atoms with Gasteiger partial charge in [-0.3, -0.25) is 4.79 Å². The minimum Gasteiger partial charge on any atom is -0.444 e. The quantitative estimate of drug-likeness (QED) is 0.779. The van der Waals surface area contributed by atoms with Gasteiger partial charge in [0.25, 0.3) is 5.91 Å². The molecule has 1 aliphatic heterocycles. The van der Waals surface area contributed by atoms with Crippen molar-refractivity contribution in [2.75, 3.05) is 13.1 Å². The Kier molecular flexibility index (Phi) is 6.48. The van der Waals surface area contributed by atoms with Crippen molar-refractivity contribution in [1.82, 2.24) is 15.2 Å². The lowest BCUT2D eigenvalue weighted by atomic mass is 10.0. The number of thiazole rings is 1. The minimum atomic E-state index is -0.508. The summed E-state index contributed by atoms with van der Waals surface area (Å²) in [6.45, 7) is 10.9. The first-order valence-electron chi connectivity index (χ1n) is 8.52. The molecule has 140 valence electrons. The number of carbonyl (C=O) groups is 2. The lowest BCUT2D eigenvalue weighted by Crippen LogP contribution is -2.47. The number of piperidine rings is 1. The van der Waals surface area contributed by atoms with E-state index in [9.17, 15) is 9.59 Å². The molecule has 1 aliphatic rings. The fourth-order valence-electron chi connectivity index (χ4n) is 2.70. The van der Waals surface area contributed by atoms with Crippen LogP contribution in [0.2, 0.25) is 0 Å². The number of alkyl carbamates (subject to hydrolysis) is 1. The van der Waals surface area contributed by atoms with E-state index in [1.165, 1.54) is 11.3 Å². The van der Waals surface area contributed by atoms with E-state index in [4.69, 9.17) is 4.74 Å². The molecule has 0 aliphatic carbocycles. The molecule has 0 unspecified atom stereocenters. The second kappa shape index (κ2) is 8.03. The Balaban J connectivity index is 1.92. The Morgan fingerprint density at radius 2 is 1.92 bits per heavy atom. The maximum atomic E-state index is 12.8. The number of aromatic nitrogens is 1. The third kappa shape index (κ3) is 5.67. The molecule has 2 amide bonds. The van der Waals surface area contributed by atoms with Crippen molar-refractivity contribution >= 4 is 39.3 Å². The van der Waals surface area contributed by atoms with Gasteiger partial charge in [0.2, 0.25) is 0 Å². The van der Waals surface area contributed by atoms with Gasteiger partial charge in [-0.25, -0.2) is 9.78 Å². The van der Waals surface area contributed by atoms with Crippen LogP contribution >= 0.6 is 27.3 Å². The van der Waals surface area contributed by atoms with Crippen LogP contribution in [0.5, 0.6) is 0 Å². The van der Waals surface area contributed by atoms with Crippen LogP contribution in [0.4, 0.5) is 4.79 Å². The van der Waals surface area contributed by atoms with E-state index in [2.05, 4.69) is 40.1 Å². The van der Waals surface area contributed by atoms with Crippen molar-refractivity contribution in [3.05, 3.63) is 14.5 Å². The van der Waals surface area contributed by atoms with Crippen LogP contribution < -0.4 is 5.32 Å². The number of carbonyl (C=O) groups excluding carboxylic acids is 2. The maximum Gasteiger partial charge on any atom is 0.407 e. The van der Waals surface area contributed by atoms with Crippen molar-refractivity contribution in [2.45, 2.75) is 65.0 Å². The second-order valence-corrected chi connectivity index (χ2v) is 9.85. The average Bonchev–Trinajstić information content (AvgIpc) is 2.87. The van der Waals surface area contributed by atoms with Gasteiger partial charge in [-0.1, -0.05) is 13.8 Å². The van der Waals surface area contributed by atoms with Gasteiger partial charge in [-0.2, -0.15) is 0 Å². The average molecular weight is 432 g/mol. The zero-order chi connectivity index (χ0) is 18.8. The highest BCUT2D eigenvalue weighted by atomic mass is 79.9. The highest BCUT2D eigenvalue weighted by Gasteiger charge is 2.29. The number of likely N-dealkylation sites (tertiary alicyclic amines) is 1. The van der Waals surface area contributed by atoms with Crippen LogP contribution in [0.1, 0.15) is 68.7 Å².